The van der Waals surface area contributed by atoms with Crippen molar-refractivity contribution in [2.24, 2.45) is 0 Å². The second-order valence-corrected chi connectivity index (χ2v) is 22.2. The van der Waals surface area contributed by atoms with Gasteiger partial charge in [-0.05, 0) is 215 Å². The van der Waals surface area contributed by atoms with Crippen LogP contribution in [0.25, 0.3) is 132 Å². The molecule has 0 saturated heterocycles. The minimum absolute atomic E-state index is 0.141. The number of hydrogen-bond donors (Lipinski definition) is 0. The molecule has 0 aromatic heterocycles. The summed E-state index contributed by atoms with van der Waals surface area (Å²) >= 11 is 0. The second-order valence-electron chi connectivity index (χ2n) is 22.2. The molecule has 2 aliphatic rings. The molecule has 0 atom stereocenters. The summed E-state index contributed by atoms with van der Waals surface area (Å²) < 4.78 is 62.8. The van der Waals surface area contributed by atoms with E-state index in [9.17, 15) is 0 Å². The molecule has 0 bridgehead atoms. The molecule has 4 heteroatoms. The Labute approximate surface area is 417 Å². The monoisotopic (exact) mass is 942 g/mol. The van der Waals surface area contributed by atoms with E-state index >= 15 is 17.6 Å². The van der Waals surface area contributed by atoms with E-state index in [0.29, 0.717) is 11.1 Å². The standard InChI is InChI=1S/C68H50F4/c1-35-17-19-41(67(3,4)5)31-53(35)59-48-16-12-11-15-47(48)57(39-25-43(69)33-44(70)26-39)63-49-21-24-52-61-50(22-23-51(60(49)61)65(59)63)64-58(40-27-45(71)34-46(72)28-40)55-29-37-13-9-10-14-38(37)30-56(55)62(66(52)64)54-32-42(68(6,7)8)20-18-36(54)2/h9-34H,1-8H3. The Kier molecular flexibility index (Phi) is 9.41. The van der Waals surface area contributed by atoms with Crippen molar-refractivity contribution in [3.05, 3.63) is 203 Å². The van der Waals surface area contributed by atoms with E-state index in [1.807, 2.05) is 24.3 Å². The molecule has 0 spiro atoms. The zero-order chi connectivity index (χ0) is 49.9. The van der Waals surface area contributed by atoms with Crippen LogP contribution in [0.2, 0.25) is 0 Å². The number of halogens is 4. The number of rotatable bonds is 4. The Balaban J connectivity index is 1.24. The van der Waals surface area contributed by atoms with E-state index < -0.39 is 23.3 Å². The van der Waals surface area contributed by atoms with Crippen LogP contribution < -0.4 is 0 Å². The maximum atomic E-state index is 15.8. The van der Waals surface area contributed by atoms with Gasteiger partial charge in [0.15, 0.2) is 0 Å². The smallest absolute Gasteiger partial charge is 0.126 e. The lowest BCUT2D eigenvalue weighted by Crippen LogP contribution is -2.11. The van der Waals surface area contributed by atoms with Crippen LogP contribution in [-0.2, 0) is 10.8 Å². The average molecular weight is 943 g/mol. The molecule has 0 amide bonds. The summed E-state index contributed by atoms with van der Waals surface area (Å²) in [5, 5.41) is 7.92. The summed E-state index contributed by atoms with van der Waals surface area (Å²) in [6, 6.07) is 51.1. The van der Waals surface area contributed by atoms with Crippen molar-refractivity contribution < 1.29 is 17.6 Å². The van der Waals surface area contributed by atoms with E-state index in [1.165, 1.54) is 35.4 Å². The van der Waals surface area contributed by atoms with Crippen molar-refractivity contribution in [2.75, 3.05) is 0 Å². The molecule has 0 aliphatic heterocycles. The molecule has 0 saturated carbocycles. The Morgan fingerprint density at radius 3 is 1.03 bits per heavy atom. The highest BCUT2D eigenvalue weighted by atomic mass is 19.1. The van der Waals surface area contributed by atoms with Crippen molar-refractivity contribution in [2.45, 2.75) is 66.2 Å². The summed E-state index contributed by atoms with van der Waals surface area (Å²) in [7, 11) is 0. The third kappa shape index (κ3) is 6.43. The van der Waals surface area contributed by atoms with E-state index in [2.05, 4.69) is 152 Å². The van der Waals surface area contributed by atoms with Crippen LogP contribution in [0.15, 0.2) is 158 Å². The summed E-state index contributed by atoms with van der Waals surface area (Å²) in [6.07, 6.45) is 0. The van der Waals surface area contributed by atoms with Crippen molar-refractivity contribution in [3.63, 3.8) is 0 Å². The molecule has 0 radical (unpaired) electrons. The molecule has 72 heavy (non-hydrogen) atoms. The topological polar surface area (TPSA) is 0 Å². The number of aryl methyl sites for hydroxylation is 2. The third-order valence-electron chi connectivity index (χ3n) is 15.7. The van der Waals surface area contributed by atoms with Gasteiger partial charge in [0, 0.05) is 12.1 Å². The molecular weight excluding hydrogens is 893 g/mol. The van der Waals surface area contributed by atoms with Crippen molar-refractivity contribution >= 4 is 43.1 Å². The fourth-order valence-corrected chi connectivity index (χ4v) is 12.3. The molecule has 0 N–H and O–H groups in total. The first-order valence-corrected chi connectivity index (χ1v) is 24.8. The minimum atomic E-state index is -0.649. The summed E-state index contributed by atoms with van der Waals surface area (Å²) in [4.78, 5) is 0. The molecule has 11 aromatic carbocycles. The zero-order valence-corrected chi connectivity index (χ0v) is 41.5. The number of benzene rings is 11. The van der Waals surface area contributed by atoms with Gasteiger partial charge in [-0.25, -0.2) is 17.6 Å². The Bertz CT molecular complexity index is 4190. The van der Waals surface area contributed by atoms with Crippen LogP contribution >= 0.6 is 0 Å². The van der Waals surface area contributed by atoms with Gasteiger partial charge in [0.05, 0.1) is 0 Å². The van der Waals surface area contributed by atoms with E-state index in [4.69, 9.17) is 0 Å². The maximum absolute atomic E-state index is 15.8. The molecular formula is C68H50F4. The second kappa shape index (κ2) is 15.3. The van der Waals surface area contributed by atoms with Gasteiger partial charge >= 0.3 is 0 Å². The fraction of sp³-hybridized carbons (Fsp3) is 0.147. The predicted octanol–water partition coefficient (Wildman–Crippen LogP) is 20.0. The zero-order valence-electron chi connectivity index (χ0n) is 41.5. The van der Waals surface area contributed by atoms with E-state index in [0.717, 1.165) is 144 Å². The van der Waals surface area contributed by atoms with Crippen molar-refractivity contribution in [3.8, 4) is 89.0 Å². The van der Waals surface area contributed by atoms with Gasteiger partial charge in [-0.2, -0.15) is 0 Å². The van der Waals surface area contributed by atoms with Gasteiger partial charge in [-0.1, -0.05) is 151 Å². The highest BCUT2D eigenvalue weighted by molar-refractivity contribution is 6.35. The van der Waals surface area contributed by atoms with Crippen molar-refractivity contribution in [1.82, 2.24) is 0 Å². The lowest BCUT2D eigenvalue weighted by atomic mass is 9.78. The van der Waals surface area contributed by atoms with Gasteiger partial charge in [0.1, 0.15) is 23.3 Å². The minimum Gasteiger partial charge on any atom is -0.207 e. The van der Waals surface area contributed by atoms with Crippen LogP contribution in [0.3, 0.4) is 0 Å². The van der Waals surface area contributed by atoms with Crippen LogP contribution in [-0.4, -0.2) is 0 Å². The molecule has 350 valence electrons. The largest absolute Gasteiger partial charge is 0.207 e. The molecule has 0 heterocycles. The summed E-state index contributed by atoms with van der Waals surface area (Å²) in [5.41, 5.74) is 18.9. The van der Waals surface area contributed by atoms with Gasteiger partial charge in [-0.3, -0.25) is 0 Å². The van der Waals surface area contributed by atoms with Crippen LogP contribution in [0.5, 0.6) is 0 Å². The van der Waals surface area contributed by atoms with Gasteiger partial charge < -0.3 is 0 Å². The first-order chi connectivity index (χ1) is 34.4. The third-order valence-corrected chi connectivity index (χ3v) is 15.7. The van der Waals surface area contributed by atoms with Gasteiger partial charge in [-0.15, -0.1) is 0 Å². The maximum Gasteiger partial charge on any atom is 0.126 e. The number of hydrogen-bond acceptors (Lipinski definition) is 0. The first kappa shape index (κ1) is 44.1. The van der Waals surface area contributed by atoms with E-state index in [-0.39, 0.29) is 10.8 Å². The summed E-state index contributed by atoms with van der Waals surface area (Å²) in [5.74, 6) is -2.59. The highest BCUT2D eigenvalue weighted by Crippen LogP contribution is 2.65. The van der Waals surface area contributed by atoms with E-state index in [1.54, 1.807) is 0 Å². The lowest BCUT2D eigenvalue weighted by Gasteiger charge is -2.25. The Hall–Kier alpha value is -7.82. The molecule has 0 nitrogen and oxygen atoms in total. The summed E-state index contributed by atoms with van der Waals surface area (Å²) in [6.45, 7) is 17.7. The Morgan fingerprint density at radius 1 is 0.292 bits per heavy atom. The molecule has 0 unspecified atom stereocenters. The van der Waals surface area contributed by atoms with Crippen LogP contribution in [0, 0.1) is 37.1 Å². The predicted molar refractivity (Wildman–Crippen MR) is 294 cm³/mol. The fourth-order valence-electron chi connectivity index (χ4n) is 12.3. The SMILES string of the molecule is Cc1ccc(C(C)(C)C)cc1-c1c2c(c(-c3cc(F)cc(F)c3)c3ccccc13)-c1ccc3c4c(ccc-2c14)-c1c-3c(-c2cc(C(C)(C)C)ccc2C)c2cc3ccccc3cc2c1-c1cc(F)cc(F)c1. The van der Waals surface area contributed by atoms with Gasteiger partial charge in [0.2, 0.25) is 0 Å². The van der Waals surface area contributed by atoms with Gasteiger partial charge in [0.25, 0.3) is 0 Å². The first-order valence-electron chi connectivity index (χ1n) is 24.8. The molecule has 0 fully saturated rings. The number of fused-ring (bicyclic) bond motifs is 9. The van der Waals surface area contributed by atoms with Crippen LogP contribution in [0.1, 0.15) is 63.8 Å². The average Bonchev–Trinajstić information content (AvgIpc) is 3.83. The molecule has 2 aliphatic carbocycles. The van der Waals surface area contributed by atoms with Crippen LogP contribution in [0.4, 0.5) is 17.6 Å². The highest BCUT2D eigenvalue weighted by Gasteiger charge is 2.38. The Morgan fingerprint density at radius 2 is 0.625 bits per heavy atom. The normalized spacial score (nSPS) is 12.7. The quantitative estimate of drug-likeness (QED) is 0.122. The van der Waals surface area contributed by atoms with Crippen molar-refractivity contribution in [1.29, 1.82) is 0 Å². The molecule has 13 rings (SSSR count). The molecule has 11 aromatic rings. The lowest BCUT2D eigenvalue weighted by molar-refractivity contribution is 0.583.